The van der Waals surface area contributed by atoms with E-state index in [1.165, 1.54) is 23.3 Å². The van der Waals surface area contributed by atoms with Crippen molar-refractivity contribution in [1.82, 2.24) is 5.32 Å². The number of anilines is 1. The van der Waals surface area contributed by atoms with Gasteiger partial charge in [-0.1, -0.05) is 30.3 Å². The quantitative estimate of drug-likeness (QED) is 0.820. The molecule has 0 aliphatic rings. The van der Waals surface area contributed by atoms with E-state index in [1.54, 1.807) is 12.1 Å². The standard InChI is InChI=1S/C19H23FN2O/c1-14-4-3-5-15(2)19(14)22-13-11-18(23)21-12-10-16-6-8-17(20)9-7-16/h3-9,22H,10-13H2,1-2H3,(H,21,23). The Morgan fingerprint density at radius 1 is 1.00 bits per heavy atom. The van der Waals surface area contributed by atoms with Crippen molar-refractivity contribution in [2.24, 2.45) is 0 Å². The molecule has 0 spiro atoms. The van der Waals surface area contributed by atoms with E-state index in [2.05, 4.69) is 36.6 Å². The third-order valence-corrected chi connectivity index (χ3v) is 3.78. The van der Waals surface area contributed by atoms with E-state index < -0.39 is 0 Å². The van der Waals surface area contributed by atoms with Crippen LogP contribution >= 0.6 is 0 Å². The molecule has 122 valence electrons. The lowest BCUT2D eigenvalue weighted by Gasteiger charge is -2.12. The summed E-state index contributed by atoms with van der Waals surface area (Å²) in [4.78, 5) is 11.8. The van der Waals surface area contributed by atoms with E-state index in [0.29, 0.717) is 25.9 Å². The number of carbonyl (C=O) groups is 1. The zero-order valence-corrected chi connectivity index (χ0v) is 13.7. The van der Waals surface area contributed by atoms with E-state index in [0.717, 1.165) is 11.3 Å². The summed E-state index contributed by atoms with van der Waals surface area (Å²) in [5.41, 5.74) is 4.48. The molecular weight excluding hydrogens is 291 g/mol. The molecule has 2 aromatic carbocycles. The van der Waals surface area contributed by atoms with Gasteiger partial charge in [0.25, 0.3) is 0 Å². The first kappa shape index (κ1) is 17.0. The second-order valence-electron chi connectivity index (χ2n) is 5.67. The Bertz CT molecular complexity index is 633. The first-order valence-electron chi connectivity index (χ1n) is 7.87. The van der Waals surface area contributed by atoms with Crippen molar-refractivity contribution in [3.8, 4) is 0 Å². The first-order chi connectivity index (χ1) is 11.1. The highest BCUT2D eigenvalue weighted by atomic mass is 19.1. The Labute approximate surface area is 136 Å². The molecule has 0 atom stereocenters. The van der Waals surface area contributed by atoms with Gasteiger partial charge >= 0.3 is 0 Å². The van der Waals surface area contributed by atoms with Gasteiger partial charge in [-0.2, -0.15) is 0 Å². The fraction of sp³-hybridized carbons (Fsp3) is 0.316. The molecule has 4 heteroatoms. The van der Waals surface area contributed by atoms with Gasteiger partial charge < -0.3 is 10.6 Å². The zero-order chi connectivity index (χ0) is 16.7. The maximum Gasteiger partial charge on any atom is 0.221 e. The third-order valence-electron chi connectivity index (χ3n) is 3.78. The van der Waals surface area contributed by atoms with Gasteiger partial charge in [-0.15, -0.1) is 0 Å². The maximum absolute atomic E-state index is 12.8. The van der Waals surface area contributed by atoms with Crippen LogP contribution in [-0.2, 0) is 11.2 Å². The number of rotatable bonds is 7. The molecule has 2 N–H and O–H groups in total. The van der Waals surface area contributed by atoms with Crippen molar-refractivity contribution in [2.75, 3.05) is 18.4 Å². The lowest BCUT2D eigenvalue weighted by molar-refractivity contribution is -0.120. The van der Waals surface area contributed by atoms with Crippen LogP contribution in [0.5, 0.6) is 0 Å². The summed E-state index contributed by atoms with van der Waals surface area (Å²) in [5, 5.41) is 6.21. The van der Waals surface area contributed by atoms with Crippen LogP contribution < -0.4 is 10.6 Å². The predicted octanol–water partition coefficient (Wildman–Crippen LogP) is 3.60. The zero-order valence-electron chi connectivity index (χ0n) is 13.7. The number of hydrogen-bond acceptors (Lipinski definition) is 2. The fourth-order valence-corrected chi connectivity index (χ4v) is 2.48. The molecule has 1 amide bonds. The van der Waals surface area contributed by atoms with Gasteiger partial charge in [0.1, 0.15) is 5.82 Å². The van der Waals surface area contributed by atoms with Crippen molar-refractivity contribution in [2.45, 2.75) is 26.7 Å². The second-order valence-corrected chi connectivity index (χ2v) is 5.67. The summed E-state index contributed by atoms with van der Waals surface area (Å²) in [6.07, 6.45) is 1.13. The van der Waals surface area contributed by atoms with Crippen LogP contribution in [0.3, 0.4) is 0 Å². The van der Waals surface area contributed by atoms with Gasteiger partial charge in [-0.3, -0.25) is 4.79 Å². The number of nitrogens with one attached hydrogen (secondary N) is 2. The Morgan fingerprint density at radius 3 is 2.30 bits per heavy atom. The molecule has 0 heterocycles. The average Bonchev–Trinajstić information content (AvgIpc) is 2.52. The van der Waals surface area contributed by atoms with Crippen LogP contribution in [0.2, 0.25) is 0 Å². The van der Waals surface area contributed by atoms with Crippen LogP contribution in [0.1, 0.15) is 23.1 Å². The molecule has 0 aliphatic heterocycles. The lowest BCUT2D eigenvalue weighted by Crippen LogP contribution is -2.27. The number of para-hydroxylation sites is 1. The molecule has 23 heavy (non-hydrogen) atoms. The van der Waals surface area contributed by atoms with Gasteiger partial charge in [0, 0.05) is 25.2 Å². The van der Waals surface area contributed by atoms with E-state index in [1.807, 2.05) is 6.07 Å². The van der Waals surface area contributed by atoms with Gasteiger partial charge in [0.05, 0.1) is 0 Å². The molecule has 2 aromatic rings. The number of aryl methyl sites for hydroxylation is 2. The lowest BCUT2D eigenvalue weighted by atomic mass is 10.1. The smallest absolute Gasteiger partial charge is 0.221 e. The average molecular weight is 314 g/mol. The normalized spacial score (nSPS) is 10.4. The number of hydrogen-bond donors (Lipinski definition) is 2. The predicted molar refractivity (Wildman–Crippen MR) is 92.1 cm³/mol. The number of carbonyl (C=O) groups excluding carboxylic acids is 1. The second kappa shape index (κ2) is 8.32. The maximum atomic E-state index is 12.8. The molecule has 0 bridgehead atoms. The highest BCUT2D eigenvalue weighted by Gasteiger charge is 2.04. The van der Waals surface area contributed by atoms with Crippen LogP contribution in [0, 0.1) is 19.7 Å². The summed E-state index contributed by atoms with van der Waals surface area (Å²) in [6, 6.07) is 12.5. The van der Waals surface area contributed by atoms with Gasteiger partial charge in [-0.25, -0.2) is 4.39 Å². The van der Waals surface area contributed by atoms with Crippen LogP contribution in [0.15, 0.2) is 42.5 Å². The highest BCUT2D eigenvalue weighted by Crippen LogP contribution is 2.19. The molecule has 0 fully saturated rings. The molecule has 0 saturated carbocycles. The minimum Gasteiger partial charge on any atom is -0.384 e. The number of amides is 1. The van der Waals surface area contributed by atoms with E-state index in [9.17, 15) is 9.18 Å². The summed E-state index contributed by atoms with van der Waals surface area (Å²) in [7, 11) is 0. The minimum absolute atomic E-state index is 0.0193. The first-order valence-corrected chi connectivity index (χ1v) is 7.87. The fourth-order valence-electron chi connectivity index (χ4n) is 2.48. The van der Waals surface area contributed by atoms with E-state index in [4.69, 9.17) is 0 Å². The monoisotopic (exact) mass is 314 g/mol. The Morgan fingerprint density at radius 2 is 1.65 bits per heavy atom. The molecule has 0 aromatic heterocycles. The van der Waals surface area contributed by atoms with Crippen molar-refractivity contribution < 1.29 is 9.18 Å². The Balaban J connectivity index is 1.68. The molecule has 0 saturated heterocycles. The van der Waals surface area contributed by atoms with Crippen molar-refractivity contribution in [3.63, 3.8) is 0 Å². The molecular formula is C19H23FN2O. The number of benzene rings is 2. The van der Waals surface area contributed by atoms with Gasteiger partial charge in [0.15, 0.2) is 0 Å². The van der Waals surface area contributed by atoms with Crippen LogP contribution in [0.25, 0.3) is 0 Å². The molecule has 0 radical (unpaired) electrons. The Kier molecular flexibility index (Phi) is 6.15. The summed E-state index contributed by atoms with van der Waals surface area (Å²) < 4.78 is 12.8. The summed E-state index contributed by atoms with van der Waals surface area (Å²) >= 11 is 0. The topological polar surface area (TPSA) is 41.1 Å². The molecule has 0 aliphatic carbocycles. The Hall–Kier alpha value is -2.36. The summed E-state index contributed by atoms with van der Waals surface area (Å²) in [6.45, 7) is 5.28. The molecule has 2 rings (SSSR count). The van der Waals surface area contributed by atoms with Crippen molar-refractivity contribution in [3.05, 3.63) is 65.0 Å². The number of halogens is 1. The van der Waals surface area contributed by atoms with Crippen molar-refractivity contribution >= 4 is 11.6 Å². The van der Waals surface area contributed by atoms with Crippen LogP contribution in [-0.4, -0.2) is 19.0 Å². The van der Waals surface area contributed by atoms with Crippen molar-refractivity contribution in [1.29, 1.82) is 0 Å². The summed E-state index contributed by atoms with van der Waals surface area (Å²) in [5.74, 6) is -0.221. The molecule has 0 unspecified atom stereocenters. The van der Waals surface area contributed by atoms with E-state index in [-0.39, 0.29) is 11.7 Å². The van der Waals surface area contributed by atoms with E-state index >= 15 is 0 Å². The van der Waals surface area contributed by atoms with Gasteiger partial charge in [-0.05, 0) is 49.1 Å². The largest absolute Gasteiger partial charge is 0.384 e. The third kappa shape index (κ3) is 5.40. The highest BCUT2D eigenvalue weighted by molar-refractivity contribution is 5.76. The van der Waals surface area contributed by atoms with Crippen LogP contribution in [0.4, 0.5) is 10.1 Å². The SMILES string of the molecule is Cc1cccc(C)c1NCCC(=O)NCCc1ccc(F)cc1. The van der Waals surface area contributed by atoms with Gasteiger partial charge in [0.2, 0.25) is 5.91 Å². The minimum atomic E-state index is -0.240. The molecule has 3 nitrogen and oxygen atoms in total.